The number of aliphatic hydroxyl groups excluding tert-OH is 1. The third kappa shape index (κ3) is 2.74. The van der Waals surface area contributed by atoms with Crippen LogP contribution in [0.25, 0.3) is 0 Å². The molecule has 0 spiro atoms. The number of hydrogen-bond donors (Lipinski definition) is 2. The maximum absolute atomic E-state index is 9.06. The summed E-state index contributed by atoms with van der Waals surface area (Å²) in [6.45, 7) is 4.37. The van der Waals surface area contributed by atoms with Crippen molar-refractivity contribution in [1.82, 2.24) is 0 Å². The maximum Gasteiger partial charge on any atom is 0.0701 e. The maximum atomic E-state index is 9.06. The monoisotopic (exact) mass is 179 g/mol. The molecule has 0 fully saturated rings. The first-order valence-electron chi connectivity index (χ1n) is 4.73. The molecule has 0 radical (unpaired) electrons. The van der Waals surface area contributed by atoms with Crippen molar-refractivity contribution in [1.29, 1.82) is 0 Å². The zero-order valence-electron chi connectivity index (χ0n) is 8.25. The zero-order valence-corrected chi connectivity index (χ0v) is 8.25. The Kier molecular flexibility index (Phi) is 3.77. The van der Waals surface area contributed by atoms with E-state index in [1.807, 2.05) is 24.3 Å². The van der Waals surface area contributed by atoms with Gasteiger partial charge in [-0.3, -0.25) is 0 Å². The van der Waals surface area contributed by atoms with E-state index >= 15 is 0 Å². The van der Waals surface area contributed by atoms with Crippen LogP contribution >= 0.6 is 0 Å². The van der Waals surface area contributed by atoms with Gasteiger partial charge in [-0.1, -0.05) is 25.1 Å². The molecule has 0 aliphatic carbocycles. The van der Waals surface area contributed by atoms with Gasteiger partial charge in [0.05, 0.1) is 6.61 Å². The van der Waals surface area contributed by atoms with E-state index in [4.69, 9.17) is 5.11 Å². The van der Waals surface area contributed by atoms with Gasteiger partial charge < -0.3 is 10.4 Å². The first-order valence-corrected chi connectivity index (χ1v) is 4.73. The van der Waals surface area contributed by atoms with E-state index in [1.54, 1.807) is 0 Å². The fourth-order valence-corrected chi connectivity index (χ4v) is 1.17. The molecule has 1 aromatic carbocycles. The quantitative estimate of drug-likeness (QED) is 0.743. The lowest BCUT2D eigenvalue weighted by atomic mass is 10.1. The van der Waals surface area contributed by atoms with E-state index in [9.17, 15) is 0 Å². The van der Waals surface area contributed by atoms with Gasteiger partial charge in [-0.15, -0.1) is 0 Å². The number of aliphatic hydroxyl groups is 1. The third-order valence-electron chi connectivity index (χ3n) is 2.20. The second-order valence-corrected chi connectivity index (χ2v) is 3.27. The Morgan fingerprint density at radius 3 is 2.69 bits per heavy atom. The molecular weight excluding hydrogens is 162 g/mol. The highest BCUT2D eigenvalue weighted by Crippen LogP contribution is 2.16. The molecular formula is C11H17NO. The highest BCUT2D eigenvalue weighted by Gasteiger charge is 2.02. The molecule has 0 saturated heterocycles. The van der Waals surface area contributed by atoms with E-state index < -0.39 is 0 Å². The highest BCUT2D eigenvalue weighted by molar-refractivity contribution is 5.51. The predicted octanol–water partition coefficient (Wildman–Crippen LogP) is 2.39. The molecule has 0 aliphatic rings. The van der Waals surface area contributed by atoms with Crippen LogP contribution in [0.1, 0.15) is 25.8 Å². The van der Waals surface area contributed by atoms with E-state index in [0.717, 1.165) is 17.7 Å². The molecule has 1 rings (SSSR count). The van der Waals surface area contributed by atoms with Gasteiger partial charge in [0.15, 0.2) is 0 Å². The second-order valence-electron chi connectivity index (χ2n) is 3.27. The summed E-state index contributed by atoms with van der Waals surface area (Å²) in [5.74, 6) is 0. The summed E-state index contributed by atoms with van der Waals surface area (Å²) in [7, 11) is 0. The van der Waals surface area contributed by atoms with Gasteiger partial charge in [-0.05, 0) is 19.4 Å². The molecule has 72 valence electrons. The first kappa shape index (κ1) is 10.1. The van der Waals surface area contributed by atoms with Crippen molar-refractivity contribution in [2.24, 2.45) is 0 Å². The molecule has 0 heterocycles. The molecule has 1 atom stereocenters. The summed E-state index contributed by atoms with van der Waals surface area (Å²) in [5.41, 5.74) is 2.00. The molecule has 2 nitrogen and oxygen atoms in total. The van der Waals surface area contributed by atoms with Crippen LogP contribution in [0.2, 0.25) is 0 Å². The Labute approximate surface area is 79.6 Å². The molecule has 0 amide bonds. The third-order valence-corrected chi connectivity index (χ3v) is 2.20. The largest absolute Gasteiger partial charge is 0.392 e. The summed E-state index contributed by atoms with van der Waals surface area (Å²) < 4.78 is 0. The van der Waals surface area contributed by atoms with Crippen LogP contribution in [0.15, 0.2) is 24.3 Å². The molecule has 13 heavy (non-hydrogen) atoms. The molecule has 2 N–H and O–H groups in total. The Morgan fingerprint density at radius 2 is 2.08 bits per heavy atom. The lowest BCUT2D eigenvalue weighted by Gasteiger charge is -2.15. The minimum atomic E-state index is 0.0968. The standard InChI is InChI=1S/C11H17NO/c1-3-9(2)12-11-7-5-4-6-10(11)8-13/h4-7,9,12-13H,3,8H2,1-2H3. The summed E-state index contributed by atoms with van der Waals surface area (Å²) in [5, 5.41) is 12.4. The van der Waals surface area contributed by atoms with Crippen LogP contribution in [0.5, 0.6) is 0 Å². The van der Waals surface area contributed by atoms with Gasteiger partial charge in [0.25, 0.3) is 0 Å². The summed E-state index contributed by atoms with van der Waals surface area (Å²) in [4.78, 5) is 0. The first-order chi connectivity index (χ1) is 6.27. The Balaban J connectivity index is 2.74. The van der Waals surface area contributed by atoms with Crippen molar-refractivity contribution in [3.8, 4) is 0 Å². The smallest absolute Gasteiger partial charge is 0.0701 e. The van der Waals surface area contributed by atoms with Crippen LogP contribution in [0, 0.1) is 0 Å². The minimum Gasteiger partial charge on any atom is -0.392 e. The predicted molar refractivity (Wildman–Crippen MR) is 55.7 cm³/mol. The number of hydrogen-bond acceptors (Lipinski definition) is 2. The van der Waals surface area contributed by atoms with E-state index in [-0.39, 0.29) is 6.61 Å². The molecule has 0 saturated carbocycles. The molecule has 0 aliphatic heterocycles. The minimum absolute atomic E-state index is 0.0968. The summed E-state index contributed by atoms with van der Waals surface area (Å²) in [6, 6.07) is 8.30. The van der Waals surface area contributed by atoms with Gasteiger partial charge in [0.2, 0.25) is 0 Å². The van der Waals surface area contributed by atoms with Gasteiger partial charge in [-0.25, -0.2) is 0 Å². The van der Waals surface area contributed by atoms with E-state index in [1.165, 1.54) is 0 Å². The number of rotatable bonds is 4. The zero-order chi connectivity index (χ0) is 9.68. The lowest BCUT2D eigenvalue weighted by Crippen LogP contribution is -2.14. The van der Waals surface area contributed by atoms with Crippen LogP contribution < -0.4 is 5.32 Å². The van der Waals surface area contributed by atoms with Gasteiger partial charge in [0, 0.05) is 17.3 Å². The average Bonchev–Trinajstić information content (AvgIpc) is 2.18. The second kappa shape index (κ2) is 4.87. The van der Waals surface area contributed by atoms with E-state index in [2.05, 4.69) is 19.2 Å². The van der Waals surface area contributed by atoms with E-state index in [0.29, 0.717) is 6.04 Å². The van der Waals surface area contributed by atoms with Crippen molar-refractivity contribution in [2.75, 3.05) is 5.32 Å². The normalized spacial score (nSPS) is 12.5. The van der Waals surface area contributed by atoms with Crippen molar-refractivity contribution in [3.05, 3.63) is 29.8 Å². The van der Waals surface area contributed by atoms with Gasteiger partial charge in [0.1, 0.15) is 0 Å². The Bertz CT molecular complexity index is 260. The summed E-state index contributed by atoms with van der Waals surface area (Å²) in [6.07, 6.45) is 1.08. The lowest BCUT2D eigenvalue weighted by molar-refractivity contribution is 0.282. The number of anilines is 1. The van der Waals surface area contributed by atoms with Crippen LogP contribution in [-0.4, -0.2) is 11.1 Å². The Hall–Kier alpha value is -1.02. The molecule has 0 bridgehead atoms. The van der Waals surface area contributed by atoms with Crippen LogP contribution in [0.4, 0.5) is 5.69 Å². The van der Waals surface area contributed by atoms with Crippen LogP contribution in [-0.2, 0) is 6.61 Å². The number of para-hydroxylation sites is 1. The highest BCUT2D eigenvalue weighted by atomic mass is 16.3. The van der Waals surface area contributed by atoms with Crippen LogP contribution in [0.3, 0.4) is 0 Å². The Morgan fingerprint density at radius 1 is 1.38 bits per heavy atom. The number of benzene rings is 1. The summed E-state index contributed by atoms with van der Waals surface area (Å²) >= 11 is 0. The van der Waals surface area contributed by atoms with Crippen molar-refractivity contribution in [3.63, 3.8) is 0 Å². The van der Waals surface area contributed by atoms with Gasteiger partial charge >= 0.3 is 0 Å². The fourth-order valence-electron chi connectivity index (χ4n) is 1.17. The fraction of sp³-hybridized carbons (Fsp3) is 0.455. The SMILES string of the molecule is CCC(C)Nc1ccccc1CO. The molecule has 1 unspecified atom stereocenters. The molecule has 0 aromatic heterocycles. The van der Waals surface area contributed by atoms with Crippen molar-refractivity contribution < 1.29 is 5.11 Å². The molecule has 1 aromatic rings. The van der Waals surface area contributed by atoms with Gasteiger partial charge in [-0.2, -0.15) is 0 Å². The molecule has 2 heteroatoms. The topological polar surface area (TPSA) is 32.3 Å². The van der Waals surface area contributed by atoms with Crippen molar-refractivity contribution >= 4 is 5.69 Å². The average molecular weight is 179 g/mol. The van der Waals surface area contributed by atoms with Crippen molar-refractivity contribution in [2.45, 2.75) is 32.9 Å². The number of nitrogens with one attached hydrogen (secondary N) is 1.